The number of nitrogens with two attached hydrogens (primary N) is 1. The van der Waals surface area contributed by atoms with Gasteiger partial charge in [0, 0.05) is 40.8 Å². The monoisotopic (exact) mass is 479 g/mol. The van der Waals surface area contributed by atoms with Crippen molar-refractivity contribution in [3.05, 3.63) is 82.4 Å². The third-order valence-corrected chi connectivity index (χ3v) is 8.70. The summed E-state index contributed by atoms with van der Waals surface area (Å²) in [7, 11) is 0. The Morgan fingerprint density at radius 1 is 0.944 bits per heavy atom. The first-order valence-corrected chi connectivity index (χ1v) is 13.3. The highest BCUT2D eigenvalue weighted by atomic mass is 16.5. The molecule has 3 heterocycles. The van der Waals surface area contributed by atoms with E-state index in [-0.39, 0.29) is 5.60 Å². The number of aromatic amines is 1. The van der Waals surface area contributed by atoms with Gasteiger partial charge in [-0.15, -0.1) is 0 Å². The summed E-state index contributed by atoms with van der Waals surface area (Å²) in [5, 5.41) is 1.37. The summed E-state index contributed by atoms with van der Waals surface area (Å²) in [5.74, 6) is 1.62. The minimum atomic E-state index is -0.207. The summed E-state index contributed by atoms with van der Waals surface area (Å²) >= 11 is 0. The smallest absolute Gasteiger partial charge is 0.127 e. The van der Waals surface area contributed by atoms with Gasteiger partial charge in [0.2, 0.25) is 0 Å². The lowest BCUT2D eigenvalue weighted by molar-refractivity contribution is 0.0524. The summed E-state index contributed by atoms with van der Waals surface area (Å²) in [4.78, 5) is 6.35. The van der Waals surface area contributed by atoms with Crippen LogP contribution in [0.3, 0.4) is 0 Å². The second-order valence-corrected chi connectivity index (χ2v) is 11.2. The number of hydrogen-bond acceptors (Lipinski definition) is 3. The molecule has 1 saturated heterocycles. The van der Waals surface area contributed by atoms with Crippen LogP contribution in [0.5, 0.6) is 5.75 Å². The molecule has 2 aliphatic rings. The van der Waals surface area contributed by atoms with Gasteiger partial charge in [-0.25, -0.2) is 0 Å². The molecule has 0 radical (unpaired) electrons. The van der Waals surface area contributed by atoms with E-state index in [1.807, 2.05) is 0 Å². The van der Waals surface area contributed by atoms with E-state index in [2.05, 4.69) is 92.2 Å². The fraction of sp³-hybridized carbons (Fsp3) is 0.375. The number of nitrogens with one attached hydrogen (secondary N) is 1. The van der Waals surface area contributed by atoms with Gasteiger partial charge in [0.05, 0.1) is 0 Å². The number of H-pyrrole nitrogens is 1. The van der Waals surface area contributed by atoms with Gasteiger partial charge in [-0.2, -0.15) is 0 Å². The Balaban J connectivity index is 1.21. The SMILES string of the molecule is Cc1c(C)c2c(c(C)c1N)CC(C)(CN1CCC(c3c(-c4ccccc4)[nH]c4ccccc34)CC1)O2. The van der Waals surface area contributed by atoms with Gasteiger partial charge >= 0.3 is 0 Å². The Morgan fingerprint density at radius 3 is 2.39 bits per heavy atom. The highest BCUT2D eigenvalue weighted by Crippen LogP contribution is 2.45. The standard InChI is InChI=1S/C32H37N3O/c1-20-21(2)31-26(22(3)29(20)33)18-32(4,36-31)19-35-16-14-23(15-17-35)28-25-12-8-9-13-27(25)34-30(28)24-10-6-5-7-11-24/h5-13,23,34H,14-19,33H2,1-4H3. The zero-order valence-corrected chi connectivity index (χ0v) is 21.9. The lowest BCUT2D eigenvalue weighted by atomic mass is 9.85. The second kappa shape index (κ2) is 8.70. The molecule has 36 heavy (non-hydrogen) atoms. The van der Waals surface area contributed by atoms with Crippen molar-refractivity contribution in [3.63, 3.8) is 0 Å². The molecule has 0 amide bonds. The molecule has 0 spiro atoms. The summed E-state index contributed by atoms with van der Waals surface area (Å²) in [6.07, 6.45) is 3.25. The number of ether oxygens (including phenoxy) is 1. The van der Waals surface area contributed by atoms with E-state index >= 15 is 0 Å². The van der Waals surface area contributed by atoms with Crippen LogP contribution in [0.2, 0.25) is 0 Å². The maximum Gasteiger partial charge on any atom is 0.127 e. The van der Waals surface area contributed by atoms with Gasteiger partial charge in [-0.1, -0.05) is 48.5 Å². The Morgan fingerprint density at radius 2 is 1.64 bits per heavy atom. The Bertz CT molecular complexity index is 1390. The highest BCUT2D eigenvalue weighted by Gasteiger charge is 2.40. The molecular formula is C32H37N3O. The zero-order chi connectivity index (χ0) is 25.0. The van der Waals surface area contributed by atoms with Crippen molar-refractivity contribution in [3.8, 4) is 17.0 Å². The molecule has 4 aromatic rings. The van der Waals surface area contributed by atoms with Gasteiger partial charge in [-0.3, -0.25) is 4.90 Å². The van der Waals surface area contributed by atoms with Crippen LogP contribution in [0.1, 0.15) is 53.5 Å². The van der Waals surface area contributed by atoms with Crippen molar-refractivity contribution in [2.24, 2.45) is 0 Å². The molecule has 4 nitrogen and oxygen atoms in total. The molecule has 2 aliphatic heterocycles. The fourth-order valence-electron chi connectivity index (χ4n) is 6.58. The van der Waals surface area contributed by atoms with E-state index in [1.165, 1.54) is 44.4 Å². The largest absolute Gasteiger partial charge is 0.485 e. The molecule has 1 fully saturated rings. The van der Waals surface area contributed by atoms with E-state index in [0.29, 0.717) is 5.92 Å². The second-order valence-electron chi connectivity index (χ2n) is 11.2. The first-order chi connectivity index (χ1) is 17.3. The molecule has 0 bridgehead atoms. The number of piperidine rings is 1. The molecule has 1 unspecified atom stereocenters. The minimum absolute atomic E-state index is 0.207. The molecule has 4 heteroatoms. The van der Waals surface area contributed by atoms with Crippen molar-refractivity contribution in [2.45, 2.75) is 58.5 Å². The van der Waals surface area contributed by atoms with E-state index in [9.17, 15) is 0 Å². The number of benzene rings is 3. The van der Waals surface area contributed by atoms with Gasteiger partial charge in [-0.05, 0) is 93.4 Å². The minimum Gasteiger partial charge on any atom is -0.485 e. The topological polar surface area (TPSA) is 54.3 Å². The van der Waals surface area contributed by atoms with E-state index in [0.717, 1.165) is 55.9 Å². The third-order valence-electron chi connectivity index (χ3n) is 8.70. The molecule has 6 rings (SSSR count). The molecule has 3 N–H and O–H groups in total. The predicted molar refractivity (Wildman–Crippen MR) is 150 cm³/mol. The number of hydrogen-bond donors (Lipinski definition) is 2. The number of anilines is 1. The summed E-state index contributed by atoms with van der Waals surface area (Å²) in [5.41, 5.74) is 17.3. The molecule has 186 valence electrons. The molecule has 3 aromatic carbocycles. The van der Waals surface area contributed by atoms with E-state index in [4.69, 9.17) is 10.5 Å². The van der Waals surface area contributed by atoms with Crippen LogP contribution in [-0.4, -0.2) is 35.1 Å². The Kier molecular flexibility index (Phi) is 5.60. The number of nitrogens with zero attached hydrogens (tertiary/aromatic N) is 1. The molecular weight excluding hydrogens is 442 g/mol. The highest BCUT2D eigenvalue weighted by molar-refractivity contribution is 5.91. The van der Waals surface area contributed by atoms with Gasteiger partial charge in [0.15, 0.2) is 0 Å². The number of fused-ring (bicyclic) bond motifs is 2. The Hall–Kier alpha value is -3.24. The van der Waals surface area contributed by atoms with Crippen LogP contribution in [-0.2, 0) is 6.42 Å². The maximum absolute atomic E-state index is 6.68. The van der Waals surface area contributed by atoms with Crippen LogP contribution in [0.25, 0.3) is 22.2 Å². The lowest BCUT2D eigenvalue weighted by Crippen LogP contribution is -2.47. The van der Waals surface area contributed by atoms with Crippen LogP contribution >= 0.6 is 0 Å². The predicted octanol–water partition coefficient (Wildman–Crippen LogP) is 6.92. The summed E-state index contributed by atoms with van der Waals surface area (Å²) < 4.78 is 6.68. The Labute approximate surface area is 214 Å². The van der Waals surface area contributed by atoms with Crippen molar-refractivity contribution in [2.75, 3.05) is 25.4 Å². The van der Waals surface area contributed by atoms with Crippen molar-refractivity contribution < 1.29 is 4.74 Å². The average molecular weight is 480 g/mol. The fourth-order valence-corrected chi connectivity index (χ4v) is 6.58. The van der Waals surface area contributed by atoms with E-state index in [1.54, 1.807) is 0 Å². The zero-order valence-electron chi connectivity index (χ0n) is 21.9. The normalized spacial score (nSPS) is 20.6. The summed E-state index contributed by atoms with van der Waals surface area (Å²) in [6.45, 7) is 11.8. The van der Waals surface area contributed by atoms with Crippen LogP contribution in [0, 0.1) is 20.8 Å². The number of para-hydroxylation sites is 1. The first-order valence-electron chi connectivity index (χ1n) is 13.3. The number of rotatable bonds is 4. The van der Waals surface area contributed by atoms with Crippen LogP contribution in [0.15, 0.2) is 54.6 Å². The van der Waals surface area contributed by atoms with Gasteiger partial charge in [0.25, 0.3) is 0 Å². The lowest BCUT2D eigenvalue weighted by Gasteiger charge is -2.37. The van der Waals surface area contributed by atoms with Crippen molar-refractivity contribution in [1.29, 1.82) is 0 Å². The number of likely N-dealkylation sites (tertiary alicyclic amines) is 1. The summed E-state index contributed by atoms with van der Waals surface area (Å²) in [6, 6.07) is 19.6. The molecule has 0 saturated carbocycles. The third kappa shape index (κ3) is 3.79. The maximum atomic E-state index is 6.68. The molecule has 1 aromatic heterocycles. The van der Waals surface area contributed by atoms with Crippen molar-refractivity contribution >= 4 is 16.6 Å². The van der Waals surface area contributed by atoms with E-state index < -0.39 is 0 Å². The van der Waals surface area contributed by atoms with Gasteiger partial charge < -0.3 is 15.5 Å². The number of nitrogen functional groups attached to an aromatic ring is 1. The molecule has 1 atom stereocenters. The quantitative estimate of drug-likeness (QED) is 0.313. The van der Waals surface area contributed by atoms with Crippen molar-refractivity contribution in [1.82, 2.24) is 9.88 Å². The van der Waals surface area contributed by atoms with Crippen LogP contribution < -0.4 is 10.5 Å². The number of aromatic nitrogens is 1. The van der Waals surface area contributed by atoms with Crippen LogP contribution in [0.4, 0.5) is 5.69 Å². The average Bonchev–Trinajstić information content (AvgIpc) is 3.46. The van der Waals surface area contributed by atoms with Gasteiger partial charge in [0.1, 0.15) is 11.4 Å². The molecule has 0 aliphatic carbocycles. The first kappa shape index (κ1) is 23.2.